The van der Waals surface area contributed by atoms with Crippen molar-refractivity contribution in [1.29, 1.82) is 0 Å². The zero-order chi connectivity index (χ0) is 13.1. The van der Waals surface area contributed by atoms with E-state index >= 15 is 0 Å². The highest BCUT2D eigenvalue weighted by molar-refractivity contribution is 6.03. The summed E-state index contributed by atoms with van der Waals surface area (Å²) in [5, 5.41) is 2.81. The van der Waals surface area contributed by atoms with E-state index in [1.807, 2.05) is 43.3 Å². The van der Waals surface area contributed by atoms with Crippen LogP contribution in [0, 0.1) is 0 Å². The summed E-state index contributed by atoms with van der Waals surface area (Å²) >= 11 is 0. The molecule has 0 aliphatic rings. The number of aromatic nitrogens is 1. The number of nitrogens with zero attached hydrogens (tertiary/aromatic N) is 1. The SMILES string of the molecule is CN(C)c1cccc(NC(=O)c2cc(N)c[nH]2)c1. The van der Waals surface area contributed by atoms with E-state index in [4.69, 9.17) is 5.73 Å². The molecule has 2 rings (SSSR count). The van der Waals surface area contributed by atoms with E-state index < -0.39 is 0 Å². The number of benzene rings is 1. The van der Waals surface area contributed by atoms with Gasteiger partial charge in [-0.05, 0) is 24.3 Å². The average Bonchev–Trinajstić information content (AvgIpc) is 2.76. The molecular weight excluding hydrogens is 228 g/mol. The van der Waals surface area contributed by atoms with Gasteiger partial charge in [-0.3, -0.25) is 4.79 Å². The van der Waals surface area contributed by atoms with Gasteiger partial charge in [0.2, 0.25) is 0 Å². The van der Waals surface area contributed by atoms with E-state index in [0.717, 1.165) is 11.4 Å². The Morgan fingerprint density at radius 3 is 2.72 bits per heavy atom. The molecule has 1 heterocycles. The van der Waals surface area contributed by atoms with Gasteiger partial charge in [0, 0.05) is 37.4 Å². The molecule has 0 atom stereocenters. The number of anilines is 3. The summed E-state index contributed by atoms with van der Waals surface area (Å²) in [4.78, 5) is 16.7. The largest absolute Gasteiger partial charge is 0.397 e. The Balaban J connectivity index is 2.14. The molecule has 0 spiro atoms. The van der Waals surface area contributed by atoms with Crippen molar-refractivity contribution in [1.82, 2.24) is 4.98 Å². The Bertz CT molecular complexity index is 560. The lowest BCUT2D eigenvalue weighted by atomic mass is 10.2. The van der Waals surface area contributed by atoms with E-state index in [0.29, 0.717) is 11.4 Å². The van der Waals surface area contributed by atoms with Crippen LogP contribution in [0.1, 0.15) is 10.5 Å². The first-order valence-electron chi connectivity index (χ1n) is 5.59. The lowest BCUT2D eigenvalue weighted by Crippen LogP contribution is -2.13. The minimum atomic E-state index is -0.206. The number of nitrogens with two attached hydrogens (primary N) is 1. The van der Waals surface area contributed by atoms with Gasteiger partial charge in [0.05, 0.1) is 0 Å². The zero-order valence-corrected chi connectivity index (χ0v) is 10.4. The minimum absolute atomic E-state index is 0.206. The standard InChI is InChI=1S/C13H16N4O/c1-17(2)11-5-3-4-10(7-11)16-13(18)12-6-9(14)8-15-12/h3-8,15H,14H2,1-2H3,(H,16,18). The van der Waals surface area contributed by atoms with Gasteiger partial charge in [-0.1, -0.05) is 6.07 Å². The van der Waals surface area contributed by atoms with E-state index in [1.54, 1.807) is 12.3 Å². The fourth-order valence-corrected chi connectivity index (χ4v) is 1.60. The molecule has 18 heavy (non-hydrogen) atoms. The predicted octanol–water partition coefficient (Wildman–Crippen LogP) is 1.92. The third-order valence-corrected chi connectivity index (χ3v) is 2.57. The second kappa shape index (κ2) is 4.83. The molecule has 0 radical (unpaired) electrons. The maximum atomic E-state index is 11.9. The highest BCUT2D eigenvalue weighted by atomic mass is 16.1. The number of H-pyrrole nitrogens is 1. The molecule has 1 aromatic carbocycles. The number of aromatic amines is 1. The van der Waals surface area contributed by atoms with Crippen LogP contribution in [0.25, 0.3) is 0 Å². The van der Waals surface area contributed by atoms with Crippen LogP contribution >= 0.6 is 0 Å². The Morgan fingerprint density at radius 2 is 2.11 bits per heavy atom. The topological polar surface area (TPSA) is 74.2 Å². The minimum Gasteiger partial charge on any atom is -0.397 e. The molecule has 1 aromatic heterocycles. The van der Waals surface area contributed by atoms with Crippen molar-refractivity contribution in [3.63, 3.8) is 0 Å². The van der Waals surface area contributed by atoms with E-state index in [1.165, 1.54) is 0 Å². The quantitative estimate of drug-likeness (QED) is 0.772. The average molecular weight is 244 g/mol. The van der Waals surface area contributed by atoms with Crippen LogP contribution < -0.4 is 16.0 Å². The Morgan fingerprint density at radius 1 is 1.33 bits per heavy atom. The predicted molar refractivity (Wildman–Crippen MR) is 73.9 cm³/mol. The molecule has 0 saturated heterocycles. The van der Waals surface area contributed by atoms with Gasteiger partial charge < -0.3 is 20.9 Å². The molecule has 0 bridgehead atoms. The molecule has 0 unspecified atom stereocenters. The second-order valence-electron chi connectivity index (χ2n) is 4.25. The number of nitrogens with one attached hydrogen (secondary N) is 2. The molecule has 4 N–H and O–H groups in total. The second-order valence-corrected chi connectivity index (χ2v) is 4.25. The summed E-state index contributed by atoms with van der Waals surface area (Å²) in [6.07, 6.45) is 1.59. The fraction of sp³-hybridized carbons (Fsp3) is 0.154. The number of nitrogen functional groups attached to an aromatic ring is 1. The molecule has 0 aliphatic heterocycles. The molecule has 0 aliphatic carbocycles. The van der Waals surface area contributed by atoms with E-state index in [-0.39, 0.29) is 5.91 Å². The number of hydrogen-bond acceptors (Lipinski definition) is 3. The van der Waals surface area contributed by atoms with Gasteiger partial charge in [0.1, 0.15) is 5.69 Å². The Hall–Kier alpha value is -2.43. The van der Waals surface area contributed by atoms with Gasteiger partial charge in [-0.2, -0.15) is 0 Å². The van der Waals surface area contributed by atoms with Crippen LogP contribution in [0.3, 0.4) is 0 Å². The first kappa shape index (κ1) is 12.0. The molecule has 5 heteroatoms. The number of rotatable bonds is 3. The number of carbonyl (C=O) groups is 1. The highest BCUT2D eigenvalue weighted by Gasteiger charge is 2.08. The van der Waals surface area contributed by atoms with Crippen molar-refractivity contribution < 1.29 is 4.79 Å². The lowest BCUT2D eigenvalue weighted by Gasteiger charge is -2.13. The van der Waals surface area contributed by atoms with Gasteiger partial charge in [0.15, 0.2) is 0 Å². The molecule has 0 saturated carbocycles. The maximum absolute atomic E-state index is 11.9. The summed E-state index contributed by atoms with van der Waals surface area (Å²) in [5.41, 5.74) is 8.32. The third kappa shape index (κ3) is 2.63. The summed E-state index contributed by atoms with van der Waals surface area (Å²) in [6, 6.07) is 9.23. The van der Waals surface area contributed by atoms with Crippen molar-refractivity contribution in [2.75, 3.05) is 30.0 Å². The van der Waals surface area contributed by atoms with Crippen LogP contribution in [0.2, 0.25) is 0 Å². The van der Waals surface area contributed by atoms with Gasteiger partial charge in [0.25, 0.3) is 5.91 Å². The lowest BCUT2D eigenvalue weighted by molar-refractivity contribution is 0.102. The fourth-order valence-electron chi connectivity index (χ4n) is 1.60. The summed E-state index contributed by atoms with van der Waals surface area (Å²) in [7, 11) is 3.90. The first-order chi connectivity index (χ1) is 8.56. The molecule has 2 aromatic rings. The van der Waals surface area contributed by atoms with Crippen LogP contribution in [0.4, 0.5) is 17.1 Å². The Kier molecular flexibility index (Phi) is 3.23. The first-order valence-corrected chi connectivity index (χ1v) is 5.59. The number of hydrogen-bond donors (Lipinski definition) is 3. The normalized spacial score (nSPS) is 10.1. The Labute approximate surface area is 106 Å². The summed E-state index contributed by atoms with van der Waals surface area (Å²) in [6.45, 7) is 0. The van der Waals surface area contributed by atoms with Crippen LogP contribution in [0.5, 0.6) is 0 Å². The van der Waals surface area contributed by atoms with Crippen molar-refractivity contribution in [3.05, 3.63) is 42.2 Å². The maximum Gasteiger partial charge on any atom is 0.272 e. The molecule has 0 fully saturated rings. The zero-order valence-electron chi connectivity index (χ0n) is 10.4. The molecule has 94 valence electrons. The van der Waals surface area contributed by atoms with Crippen molar-refractivity contribution in [2.24, 2.45) is 0 Å². The van der Waals surface area contributed by atoms with Crippen molar-refractivity contribution in [2.45, 2.75) is 0 Å². The van der Waals surface area contributed by atoms with E-state index in [9.17, 15) is 4.79 Å². The smallest absolute Gasteiger partial charge is 0.272 e. The van der Waals surface area contributed by atoms with Crippen LogP contribution in [0.15, 0.2) is 36.5 Å². The highest BCUT2D eigenvalue weighted by Crippen LogP contribution is 2.18. The van der Waals surface area contributed by atoms with Crippen molar-refractivity contribution >= 4 is 23.0 Å². The van der Waals surface area contributed by atoms with Crippen LogP contribution in [-0.2, 0) is 0 Å². The van der Waals surface area contributed by atoms with Crippen molar-refractivity contribution in [3.8, 4) is 0 Å². The number of amides is 1. The molecule has 1 amide bonds. The van der Waals surface area contributed by atoms with Gasteiger partial charge >= 0.3 is 0 Å². The molecular formula is C13H16N4O. The van der Waals surface area contributed by atoms with E-state index in [2.05, 4.69) is 10.3 Å². The summed E-state index contributed by atoms with van der Waals surface area (Å²) < 4.78 is 0. The molecule has 5 nitrogen and oxygen atoms in total. The van der Waals surface area contributed by atoms with Gasteiger partial charge in [-0.15, -0.1) is 0 Å². The summed E-state index contributed by atoms with van der Waals surface area (Å²) in [5.74, 6) is -0.206. The monoisotopic (exact) mass is 244 g/mol. The van der Waals surface area contributed by atoms with Crippen LogP contribution in [-0.4, -0.2) is 25.0 Å². The third-order valence-electron chi connectivity index (χ3n) is 2.57. The van der Waals surface area contributed by atoms with Gasteiger partial charge in [-0.25, -0.2) is 0 Å². The number of carbonyl (C=O) groups excluding carboxylic acids is 1.